The van der Waals surface area contributed by atoms with E-state index in [4.69, 9.17) is 5.11 Å². The normalized spacial score (nSPS) is 24.7. The van der Waals surface area contributed by atoms with E-state index in [1.807, 2.05) is 13.8 Å². The van der Waals surface area contributed by atoms with Gasteiger partial charge in [0.2, 0.25) is 5.91 Å². The second-order valence-electron chi connectivity index (χ2n) is 5.94. The van der Waals surface area contributed by atoms with Gasteiger partial charge in [-0.3, -0.25) is 14.5 Å². The molecule has 3 N–H and O–H groups in total. The number of urea groups is 1. The van der Waals surface area contributed by atoms with Gasteiger partial charge in [0.05, 0.1) is 0 Å². The van der Waals surface area contributed by atoms with Gasteiger partial charge in [-0.25, -0.2) is 4.79 Å². The molecule has 120 valence electrons. The van der Waals surface area contributed by atoms with E-state index in [0.29, 0.717) is 19.3 Å². The Morgan fingerprint density at radius 1 is 1.43 bits per heavy atom. The fraction of sp³-hybridized carbons (Fsp3) is 0.786. The Balaban J connectivity index is 2.71. The van der Waals surface area contributed by atoms with Gasteiger partial charge in [0.15, 0.2) is 0 Å². The third kappa shape index (κ3) is 3.72. The quantitative estimate of drug-likeness (QED) is 0.592. The van der Waals surface area contributed by atoms with Gasteiger partial charge in [-0.05, 0) is 33.1 Å². The molecular weight excluding hydrogens is 274 g/mol. The molecule has 7 nitrogen and oxygen atoms in total. The molecule has 1 aliphatic rings. The summed E-state index contributed by atoms with van der Waals surface area (Å²) >= 11 is 0. The molecule has 2 unspecified atom stereocenters. The van der Waals surface area contributed by atoms with Gasteiger partial charge in [0.1, 0.15) is 12.1 Å². The average Bonchev–Trinajstić information content (AvgIpc) is 2.63. The number of amides is 4. The first-order valence-electron chi connectivity index (χ1n) is 7.27. The van der Waals surface area contributed by atoms with Crippen molar-refractivity contribution in [2.75, 3.05) is 13.2 Å². The highest BCUT2D eigenvalue weighted by Gasteiger charge is 2.47. The summed E-state index contributed by atoms with van der Waals surface area (Å²) in [6.07, 6.45) is 1.53. The van der Waals surface area contributed by atoms with Gasteiger partial charge < -0.3 is 15.7 Å². The zero-order valence-electron chi connectivity index (χ0n) is 13.2. The van der Waals surface area contributed by atoms with Crippen molar-refractivity contribution in [1.82, 2.24) is 15.5 Å². The molecule has 0 radical (unpaired) electrons. The van der Waals surface area contributed by atoms with Crippen LogP contribution in [0.1, 0.15) is 47.0 Å². The van der Waals surface area contributed by atoms with Gasteiger partial charge in [0.25, 0.3) is 5.91 Å². The molecule has 0 spiro atoms. The zero-order chi connectivity index (χ0) is 16.3. The van der Waals surface area contributed by atoms with Crippen LogP contribution in [0.4, 0.5) is 4.79 Å². The summed E-state index contributed by atoms with van der Waals surface area (Å²) in [5.41, 5.74) is -1.48. The highest BCUT2D eigenvalue weighted by Crippen LogP contribution is 2.21. The minimum Gasteiger partial charge on any atom is -0.396 e. The number of nitrogens with zero attached hydrogens (tertiary/aromatic N) is 1. The molecular formula is C14H25N3O4. The lowest BCUT2D eigenvalue weighted by atomic mass is 9.95. The van der Waals surface area contributed by atoms with E-state index in [2.05, 4.69) is 10.6 Å². The summed E-state index contributed by atoms with van der Waals surface area (Å²) in [5, 5.41) is 14.4. The maximum atomic E-state index is 12.2. The van der Waals surface area contributed by atoms with Crippen molar-refractivity contribution >= 4 is 17.8 Å². The third-order valence-electron chi connectivity index (χ3n) is 4.24. The Labute approximate surface area is 125 Å². The highest BCUT2D eigenvalue weighted by molar-refractivity contribution is 6.08. The highest BCUT2D eigenvalue weighted by atomic mass is 16.3. The number of hydrogen-bond acceptors (Lipinski definition) is 4. The maximum absolute atomic E-state index is 12.2. The lowest BCUT2D eigenvalue weighted by Gasteiger charge is -2.29. The van der Waals surface area contributed by atoms with Crippen molar-refractivity contribution in [3.8, 4) is 0 Å². The molecule has 0 saturated carbocycles. The van der Waals surface area contributed by atoms with Crippen molar-refractivity contribution in [3.63, 3.8) is 0 Å². The smallest absolute Gasteiger partial charge is 0.325 e. The monoisotopic (exact) mass is 299 g/mol. The van der Waals surface area contributed by atoms with Crippen LogP contribution in [0.15, 0.2) is 0 Å². The summed E-state index contributed by atoms with van der Waals surface area (Å²) in [6, 6.07) is -0.542. The van der Waals surface area contributed by atoms with E-state index in [1.165, 1.54) is 0 Å². The third-order valence-corrected chi connectivity index (χ3v) is 4.24. The first-order chi connectivity index (χ1) is 9.71. The molecule has 0 aromatic heterocycles. The standard InChI is InChI=1S/C14H25N3O4/c1-5-13(3,7-8-18)15-10(19)9-17-11(20)14(4,6-2)16-12(17)21/h18H,5-9H2,1-4H3,(H,15,19)(H,16,21). The lowest BCUT2D eigenvalue weighted by molar-refractivity contribution is -0.135. The second-order valence-corrected chi connectivity index (χ2v) is 5.94. The minimum atomic E-state index is -0.934. The molecule has 0 bridgehead atoms. The van der Waals surface area contributed by atoms with Crippen molar-refractivity contribution in [1.29, 1.82) is 0 Å². The molecule has 0 aromatic carbocycles. The van der Waals surface area contributed by atoms with Crippen LogP contribution < -0.4 is 10.6 Å². The Morgan fingerprint density at radius 3 is 2.48 bits per heavy atom. The second kappa shape index (κ2) is 6.43. The van der Waals surface area contributed by atoms with E-state index < -0.39 is 23.0 Å². The fourth-order valence-corrected chi connectivity index (χ4v) is 2.22. The number of imide groups is 1. The molecule has 1 rings (SSSR count). The summed E-state index contributed by atoms with van der Waals surface area (Å²) in [5.74, 6) is -0.790. The SMILES string of the molecule is CCC(C)(CCO)NC(=O)CN1C(=O)NC(C)(CC)C1=O. The lowest BCUT2D eigenvalue weighted by Crippen LogP contribution is -2.51. The topological polar surface area (TPSA) is 98.7 Å². The molecule has 1 saturated heterocycles. The van der Waals surface area contributed by atoms with Crippen molar-refractivity contribution < 1.29 is 19.5 Å². The summed E-state index contributed by atoms with van der Waals surface area (Å²) in [6.45, 7) is 6.83. The molecule has 0 aromatic rings. The van der Waals surface area contributed by atoms with Crippen LogP contribution in [0.25, 0.3) is 0 Å². The number of aliphatic hydroxyl groups is 1. The van der Waals surface area contributed by atoms with Gasteiger partial charge >= 0.3 is 6.03 Å². The summed E-state index contributed by atoms with van der Waals surface area (Å²) in [4.78, 5) is 37.0. The molecule has 1 fully saturated rings. The molecule has 1 heterocycles. The number of hydrogen-bond donors (Lipinski definition) is 3. The van der Waals surface area contributed by atoms with E-state index in [1.54, 1.807) is 13.8 Å². The van der Waals surface area contributed by atoms with Gasteiger partial charge in [-0.15, -0.1) is 0 Å². The summed E-state index contributed by atoms with van der Waals surface area (Å²) in [7, 11) is 0. The largest absolute Gasteiger partial charge is 0.396 e. The van der Waals surface area contributed by atoms with E-state index >= 15 is 0 Å². The molecule has 4 amide bonds. The van der Waals surface area contributed by atoms with Crippen LogP contribution in [-0.4, -0.2) is 52.1 Å². The fourth-order valence-electron chi connectivity index (χ4n) is 2.22. The van der Waals surface area contributed by atoms with Crippen LogP contribution >= 0.6 is 0 Å². The van der Waals surface area contributed by atoms with Gasteiger partial charge in [-0.2, -0.15) is 0 Å². The summed E-state index contributed by atoms with van der Waals surface area (Å²) < 4.78 is 0. The Bertz CT molecular complexity index is 440. The van der Waals surface area contributed by atoms with Crippen LogP contribution in [-0.2, 0) is 9.59 Å². The van der Waals surface area contributed by atoms with Crippen LogP contribution in [0, 0.1) is 0 Å². The van der Waals surface area contributed by atoms with Crippen molar-refractivity contribution in [2.24, 2.45) is 0 Å². The number of aliphatic hydroxyl groups excluding tert-OH is 1. The van der Waals surface area contributed by atoms with Gasteiger partial charge in [-0.1, -0.05) is 13.8 Å². The Morgan fingerprint density at radius 2 is 2.05 bits per heavy atom. The van der Waals surface area contributed by atoms with Gasteiger partial charge in [0, 0.05) is 12.1 Å². The predicted molar refractivity (Wildman–Crippen MR) is 77.5 cm³/mol. The number of carbonyl (C=O) groups excluding carboxylic acids is 3. The molecule has 1 aliphatic heterocycles. The molecule has 21 heavy (non-hydrogen) atoms. The first-order valence-corrected chi connectivity index (χ1v) is 7.27. The van der Waals surface area contributed by atoms with Crippen LogP contribution in [0.3, 0.4) is 0 Å². The van der Waals surface area contributed by atoms with Crippen LogP contribution in [0.2, 0.25) is 0 Å². The average molecular weight is 299 g/mol. The zero-order valence-corrected chi connectivity index (χ0v) is 13.2. The predicted octanol–water partition coefficient (Wildman–Crippen LogP) is 0.374. The molecule has 0 aliphatic carbocycles. The first kappa shape index (κ1) is 17.4. The molecule has 7 heteroatoms. The number of carbonyl (C=O) groups is 3. The van der Waals surface area contributed by atoms with Crippen molar-refractivity contribution in [3.05, 3.63) is 0 Å². The van der Waals surface area contributed by atoms with E-state index in [0.717, 1.165) is 4.90 Å². The Kier molecular flexibility index (Phi) is 5.33. The number of rotatable bonds is 7. The van der Waals surface area contributed by atoms with E-state index in [9.17, 15) is 14.4 Å². The van der Waals surface area contributed by atoms with Crippen molar-refractivity contribution in [2.45, 2.75) is 58.0 Å². The maximum Gasteiger partial charge on any atom is 0.325 e. The van der Waals surface area contributed by atoms with E-state index in [-0.39, 0.29) is 19.1 Å². The minimum absolute atomic E-state index is 0.0400. The number of nitrogens with one attached hydrogen (secondary N) is 2. The van der Waals surface area contributed by atoms with Crippen LogP contribution in [0.5, 0.6) is 0 Å². The molecule has 2 atom stereocenters. The Hall–Kier alpha value is -1.63.